The molecular weight excluding hydrogens is 242 g/mol. The maximum atomic E-state index is 12.0. The van der Waals surface area contributed by atoms with Gasteiger partial charge in [0.05, 0.1) is 12.1 Å². The van der Waals surface area contributed by atoms with Gasteiger partial charge in [-0.15, -0.1) is 12.4 Å². The van der Waals surface area contributed by atoms with Crippen molar-refractivity contribution in [3.05, 3.63) is 0 Å². The van der Waals surface area contributed by atoms with E-state index in [1.165, 1.54) is 0 Å². The van der Waals surface area contributed by atoms with Crippen molar-refractivity contribution in [3.8, 4) is 0 Å². The number of amides is 2. The molecular formula is C11H18ClN3O2. The van der Waals surface area contributed by atoms with Gasteiger partial charge in [-0.3, -0.25) is 9.59 Å². The van der Waals surface area contributed by atoms with E-state index >= 15 is 0 Å². The summed E-state index contributed by atoms with van der Waals surface area (Å²) in [5.74, 6) is 0.0580. The molecule has 3 fully saturated rings. The summed E-state index contributed by atoms with van der Waals surface area (Å²) in [6.07, 6.45) is 3.78. The molecule has 6 heteroatoms. The summed E-state index contributed by atoms with van der Waals surface area (Å²) in [6, 6.07) is 0.456. The summed E-state index contributed by atoms with van der Waals surface area (Å²) in [5.41, 5.74) is 5.22. The van der Waals surface area contributed by atoms with E-state index in [0.717, 1.165) is 25.7 Å². The van der Waals surface area contributed by atoms with Gasteiger partial charge in [-0.2, -0.15) is 0 Å². The summed E-state index contributed by atoms with van der Waals surface area (Å²) in [5, 5.41) is 0. The Hall–Kier alpha value is -0.810. The lowest BCUT2D eigenvalue weighted by Crippen LogP contribution is -2.56. The minimum absolute atomic E-state index is 0. The number of piperazine rings is 1. The first-order valence-corrected chi connectivity index (χ1v) is 5.98. The highest BCUT2D eigenvalue weighted by Gasteiger charge is 2.49. The van der Waals surface area contributed by atoms with E-state index < -0.39 is 5.54 Å². The molecule has 0 aromatic heterocycles. The molecule has 1 aliphatic heterocycles. The van der Waals surface area contributed by atoms with Crippen molar-refractivity contribution in [2.45, 2.75) is 37.3 Å². The quantitative estimate of drug-likeness (QED) is 0.743. The van der Waals surface area contributed by atoms with Gasteiger partial charge in [-0.05, 0) is 25.7 Å². The van der Waals surface area contributed by atoms with Crippen LogP contribution in [0.25, 0.3) is 0 Å². The Morgan fingerprint density at radius 1 is 1.29 bits per heavy atom. The van der Waals surface area contributed by atoms with E-state index in [1.54, 1.807) is 4.90 Å². The second-order valence-corrected chi connectivity index (χ2v) is 5.20. The summed E-state index contributed by atoms with van der Waals surface area (Å²) in [6.45, 7) is 1.57. The van der Waals surface area contributed by atoms with Crippen LogP contribution >= 0.6 is 12.4 Å². The first kappa shape index (κ1) is 12.6. The van der Waals surface area contributed by atoms with Gasteiger partial charge in [0.15, 0.2) is 0 Å². The number of nitrogens with zero attached hydrogens (tertiary/aromatic N) is 2. The van der Waals surface area contributed by atoms with Gasteiger partial charge in [0.2, 0.25) is 11.8 Å². The average Bonchev–Trinajstić information content (AvgIpc) is 3.12. The third-order valence-corrected chi connectivity index (χ3v) is 3.75. The number of halogens is 1. The molecule has 3 rings (SSSR count). The van der Waals surface area contributed by atoms with Gasteiger partial charge in [0, 0.05) is 19.1 Å². The van der Waals surface area contributed by atoms with E-state index in [4.69, 9.17) is 5.73 Å². The first-order chi connectivity index (χ1) is 7.60. The molecule has 0 spiro atoms. The zero-order valence-electron chi connectivity index (χ0n) is 9.72. The van der Waals surface area contributed by atoms with Crippen molar-refractivity contribution in [2.24, 2.45) is 5.73 Å². The van der Waals surface area contributed by atoms with Gasteiger partial charge < -0.3 is 15.5 Å². The molecule has 17 heavy (non-hydrogen) atoms. The molecule has 0 bridgehead atoms. The highest BCUT2D eigenvalue weighted by Crippen LogP contribution is 2.35. The van der Waals surface area contributed by atoms with Crippen molar-refractivity contribution < 1.29 is 9.59 Å². The van der Waals surface area contributed by atoms with Gasteiger partial charge >= 0.3 is 0 Å². The molecule has 96 valence electrons. The maximum absolute atomic E-state index is 12.0. The Bertz CT molecular complexity index is 353. The Morgan fingerprint density at radius 3 is 2.41 bits per heavy atom. The highest BCUT2D eigenvalue weighted by molar-refractivity contribution is 5.93. The lowest BCUT2D eigenvalue weighted by molar-refractivity contribution is -0.146. The van der Waals surface area contributed by atoms with Crippen LogP contribution in [0.5, 0.6) is 0 Å². The fourth-order valence-corrected chi connectivity index (χ4v) is 2.30. The van der Waals surface area contributed by atoms with Crippen molar-refractivity contribution >= 4 is 24.2 Å². The van der Waals surface area contributed by atoms with Crippen LogP contribution in [0.4, 0.5) is 0 Å². The van der Waals surface area contributed by atoms with E-state index in [2.05, 4.69) is 0 Å². The molecule has 0 radical (unpaired) electrons. The summed E-state index contributed by atoms with van der Waals surface area (Å²) in [7, 11) is 0. The summed E-state index contributed by atoms with van der Waals surface area (Å²) < 4.78 is 0. The Balaban J connectivity index is 0.00000108. The number of carbonyl (C=O) groups excluding carboxylic acids is 2. The molecule has 2 amide bonds. The van der Waals surface area contributed by atoms with Crippen LogP contribution in [-0.2, 0) is 9.59 Å². The minimum Gasteiger partial charge on any atom is -0.336 e. The van der Waals surface area contributed by atoms with E-state index in [-0.39, 0.29) is 30.8 Å². The van der Waals surface area contributed by atoms with Crippen LogP contribution in [0.1, 0.15) is 25.7 Å². The standard InChI is InChI=1S/C11H17N3O2.ClH/c12-11(3-4-11)10(16)13-5-6-14(8-1-2-8)9(15)7-13;/h8H,1-7,12H2;1H. The lowest BCUT2D eigenvalue weighted by atomic mass is 10.2. The highest BCUT2D eigenvalue weighted by atomic mass is 35.5. The fraction of sp³-hybridized carbons (Fsp3) is 0.818. The second kappa shape index (κ2) is 4.14. The average molecular weight is 260 g/mol. The topological polar surface area (TPSA) is 66.6 Å². The Labute approximate surface area is 107 Å². The number of carbonyl (C=O) groups is 2. The molecule has 1 saturated heterocycles. The fourth-order valence-electron chi connectivity index (χ4n) is 2.30. The van der Waals surface area contributed by atoms with Crippen LogP contribution < -0.4 is 5.73 Å². The second-order valence-electron chi connectivity index (χ2n) is 5.20. The van der Waals surface area contributed by atoms with Crippen molar-refractivity contribution in [1.82, 2.24) is 9.80 Å². The number of nitrogens with two attached hydrogens (primary N) is 1. The van der Waals surface area contributed by atoms with E-state index in [1.807, 2.05) is 4.90 Å². The first-order valence-electron chi connectivity index (χ1n) is 5.98. The third-order valence-electron chi connectivity index (χ3n) is 3.75. The largest absolute Gasteiger partial charge is 0.336 e. The van der Waals surface area contributed by atoms with Crippen molar-refractivity contribution in [2.75, 3.05) is 19.6 Å². The zero-order valence-corrected chi connectivity index (χ0v) is 10.5. The lowest BCUT2D eigenvalue weighted by Gasteiger charge is -2.35. The number of rotatable bonds is 2. The molecule has 0 aromatic carbocycles. The van der Waals surface area contributed by atoms with E-state index in [9.17, 15) is 9.59 Å². The minimum atomic E-state index is -0.637. The number of hydrogen-bond acceptors (Lipinski definition) is 3. The third kappa shape index (κ3) is 2.26. The molecule has 0 aromatic rings. The molecule has 1 heterocycles. The van der Waals surface area contributed by atoms with Crippen LogP contribution in [0, 0.1) is 0 Å². The molecule has 3 aliphatic rings. The van der Waals surface area contributed by atoms with Crippen molar-refractivity contribution in [1.29, 1.82) is 0 Å². The molecule has 0 unspecified atom stereocenters. The van der Waals surface area contributed by atoms with Crippen LogP contribution in [0.3, 0.4) is 0 Å². The Morgan fingerprint density at radius 2 is 1.94 bits per heavy atom. The predicted molar refractivity (Wildman–Crippen MR) is 64.7 cm³/mol. The molecule has 2 saturated carbocycles. The van der Waals surface area contributed by atoms with Gasteiger partial charge in [0.25, 0.3) is 0 Å². The van der Waals surface area contributed by atoms with Gasteiger partial charge in [-0.1, -0.05) is 0 Å². The van der Waals surface area contributed by atoms with Crippen LogP contribution in [-0.4, -0.2) is 52.8 Å². The van der Waals surface area contributed by atoms with Gasteiger partial charge in [0.1, 0.15) is 0 Å². The normalized spacial score (nSPS) is 26.5. The maximum Gasteiger partial charge on any atom is 0.243 e. The zero-order chi connectivity index (χ0) is 11.3. The smallest absolute Gasteiger partial charge is 0.243 e. The van der Waals surface area contributed by atoms with E-state index in [0.29, 0.717) is 19.1 Å². The molecule has 0 atom stereocenters. The van der Waals surface area contributed by atoms with Crippen LogP contribution in [0.2, 0.25) is 0 Å². The van der Waals surface area contributed by atoms with Gasteiger partial charge in [-0.25, -0.2) is 0 Å². The predicted octanol–water partition coefficient (Wildman–Crippen LogP) is -0.267. The van der Waals surface area contributed by atoms with Crippen LogP contribution in [0.15, 0.2) is 0 Å². The number of hydrogen-bond donors (Lipinski definition) is 1. The van der Waals surface area contributed by atoms with Crippen molar-refractivity contribution in [3.63, 3.8) is 0 Å². The summed E-state index contributed by atoms with van der Waals surface area (Å²) >= 11 is 0. The molecule has 5 nitrogen and oxygen atoms in total. The Kier molecular flexibility index (Phi) is 3.08. The molecule has 2 aliphatic carbocycles. The molecule has 2 N–H and O–H groups in total. The summed E-state index contributed by atoms with van der Waals surface area (Å²) in [4.78, 5) is 27.3. The monoisotopic (exact) mass is 259 g/mol. The SMILES string of the molecule is Cl.NC1(C(=O)N2CCN(C3CC3)C(=O)C2)CC1.